The van der Waals surface area contributed by atoms with Crippen LogP contribution >= 0.6 is 22.6 Å². The standard InChI is InChI=1S/C18H16F3IN4O/c1-11(27)26(10-4-2-3-9-23)18-15(20)16(14(19)17(21)25-18)24-13-7-5-12(22)6-8-13/h5-8H,2-4,10H2,1H3,(H,24,25). The van der Waals surface area contributed by atoms with Gasteiger partial charge in [-0.1, -0.05) is 0 Å². The molecular weight excluding hydrogens is 472 g/mol. The van der Waals surface area contributed by atoms with Gasteiger partial charge in [-0.25, -0.2) is 4.39 Å². The Bertz CT molecular complexity index is 868. The molecule has 0 saturated carbocycles. The number of anilines is 3. The molecule has 0 aliphatic carbocycles. The quantitative estimate of drug-likeness (QED) is 0.342. The molecule has 9 heteroatoms. The third-order valence-electron chi connectivity index (χ3n) is 3.69. The molecule has 0 atom stereocenters. The molecule has 0 unspecified atom stereocenters. The predicted octanol–water partition coefficient (Wildman–Crippen LogP) is 4.89. The minimum atomic E-state index is -1.51. The lowest BCUT2D eigenvalue weighted by molar-refractivity contribution is -0.116. The maximum atomic E-state index is 14.9. The summed E-state index contributed by atoms with van der Waals surface area (Å²) >= 11 is 2.08. The van der Waals surface area contributed by atoms with Crippen molar-refractivity contribution in [2.24, 2.45) is 0 Å². The molecule has 0 aliphatic heterocycles. The second-order valence-electron chi connectivity index (χ2n) is 5.65. The highest BCUT2D eigenvalue weighted by molar-refractivity contribution is 14.1. The van der Waals surface area contributed by atoms with Crippen LogP contribution in [0.2, 0.25) is 0 Å². The lowest BCUT2D eigenvalue weighted by Crippen LogP contribution is -2.32. The first-order valence-electron chi connectivity index (χ1n) is 8.07. The number of aromatic nitrogens is 1. The number of nitrogens with zero attached hydrogens (tertiary/aromatic N) is 3. The fraction of sp³-hybridized carbons (Fsp3) is 0.278. The van der Waals surface area contributed by atoms with E-state index in [1.54, 1.807) is 24.3 Å². The molecule has 1 aromatic heterocycles. The highest BCUT2D eigenvalue weighted by Crippen LogP contribution is 2.31. The summed E-state index contributed by atoms with van der Waals surface area (Å²) < 4.78 is 43.9. The summed E-state index contributed by atoms with van der Waals surface area (Å²) in [6, 6.07) is 8.57. The van der Waals surface area contributed by atoms with Crippen molar-refractivity contribution >= 4 is 45.7 Å². The van der Waals surface area contributed by atoms with Crippen LogP contribution in [0.3, 0.4) is 0 Å². The fourth-order valence-electron chi connectivity index (χ4n) is 2.36. The molecule has 1 aromatic carbocycles. The van der Waals surface area contributed by atoms with Gasteiger partial charge in [0.1, 0.15) is 5.69 Å². The van der Waals surface area contributed by atoms with Gasteiger partial charge in [-0.2, -0.15) is 19.0 Å². The number of pyridine rings is 1. The van der Waals surface area contributed by atoms with Crippen LogP contribution in [0.5, 0.6) is 0 Å². The number of halogens is 4. The van der Waals surface area contributed by atoms with Gasteiger partial charge in [0, 0.05) is 29.1 Å². The molecule has 2 rings (SSSR count). The van der Waals surface area contributed by atoms with Crippen molar-refractivity contribution in [2.45, 2.75) is 26.2 Å². The maximum Gasteiger partial charge on any atom is 0.253 e. The number of hydrogen-bond donors (Lipinski definition) is 1. The number of nitrogens with one attached hydrogen (secondary N) is 1. The van der Waals surface area contributed by atoms with Crippen LogP contribution in [0, 0.1) is 32.5 Å². The minimum Gasteiger partial charge on any atom is -0.350 e. The first kappa shape index (κ1) is 21.0. The van der Waals surface area contributed by atoms with E-state index < -0.39 is 35.0 Å². The van der Waals surface area contributed by atoms with Crippen molar-refractivity contribution < 1.29 is 18.0 Å². The summed E-state index contributed by atoms with van der Waals surface area (Å²) in [5.74, 6) is -5.30. The van der Waals surface area contributed by atoms with Gasteiger partial charge in [0.05, 0.1) is 6.07 Å². The second kappa shape index (κ2) is 9.55. The monoisotopic (exact) mass is 488 g/mol. The van der Waals surface area contributed by atoms with Gasteiger partial charge in [-0.05, 0) is 59.7 Å². The molecule has 0 saturated heterocycles. The lowest BCUT2D eigenvalue weighted by Gasteiger charge is -2.22. The van der Waals surface area contributed by atoms with Crippen LogP contribution in [0.25, 0.3) is 0 Å². The lowest BCUT2D eigenvalue weighted by atomic mass is 10.2. The van der Waals surface area contributed by atoms with Gasteiger partial charge in [-0.15, -0.1) is 0 Å². The van der Waals surface area contributed by atoms with E-state index in [1.807, 2.05) is 6.07 Å². The zero-order valence-electron chi connectivity index (χ0n) is 14.4. The first-order chi connectivity index (χ1) is 12.8. The molecule has 0 radical (unpaired) electrons. The fourth-order valence-corrected chi connectivity index (χ4v) is 2.71. The summed E-state index contributed by atoms with van der Waals surface area (Å²) in [5, 5.41) is 11.1. The van der Waals surface area contributed by atoms with Crippen LogP contribution in [0.15, 0.2) is 24.3 Å². The zero-order valence-corrected chi connectivity index (χ0v) is 16.6. The van der Waals surface area contributed by atoms with Gasteiger partial charge in [-0.3, -0.25) is 9.69 Å². The van der Waals surface area contributed by atoms with E-state index in [0.29, 0.717) is 18.5 Å². The summed E-state index contributed by atoms with van der Waals surface area (Å²) in [7, 11) is 0. The Hall–Kier alpha value is -2.35. The van der Waals surface area contributed by atoms with Crippen molar-refractivity contribution in [3.8, 4) is 6.07 Å². The van der Waals surface area contributed by atoms with E-state index in [2.05, 4.69) is 32.9 Å². The SMILES string of the molecule is CC(=O)N(CCCCC#N)c1nc(F)c(F)c(Nc2ccc(I)cc2)c1F. The summed E-state index contributed by atoms with van der Waals surface area (Å²) in [5.41, 5.74) is -0.366. The summed E-state index contributed by atoms with van der Waals surface area (Å²) in [6.07, 6.45) is 1.16. The number of rotatable bonds is 7. The van der Waals surface area contributed by atoms with Crippen molar-refractivity contribution in [1.29, 1.82) is 5.26 Å². The topological polar surface area (TPSA) is 69.0 Å². The summed E-state index contributed by atoms with van der Waals surface area (Å²) in [6.45, 7) is 1.22. The number of carbonyl (C=O) groups is 1. The number of benzene rings is 1. The Morgan fingerprint density at radius 1 is 1.22 bits per heavy atom. The largest absolute Gasteiger partial charge is 0.350 e. The highest BCUT2D eigenvalue weighted by Gasteiger charge is 2.26. The third-order valence-corrected chi connectivity index (χ3v) is 4.41. The molecule has 1 heterocycles. The van der Waals surface area contributed by atoms with Gasteiger partial charge >= 0.3 is 0 Å². The number of carbonyl (C=O) groups excluding carboxylic acids is 1. The van der Waals surface area contributed by atoms with E-state index in [1.165, 1.54) is 6.92 Å². The molecule has 27 heavy (non-hydrogen) atoms. The Balaban J connectivity index is 2.38. The first-order valence-corrected chi connectivity index (χ1v) is 9.15. The average molecular weight is 488 g/mol. The minimum absolute atomic E-state index is 0.0367. The third kappa shape index (κ3) is 5.32. The molecule has 1 N–H and O–H groups in total. The molecule has 142 valence electrons. The van der Waals surface area contributed by atoms with E-state index in [0.717, 1.165) is 8.47 Å². The Kier molecular flexibility index (Phi) is 7.41. The molecule has 2 aromatic rings. The van der Waals surface area contributed by atoms with Gasteiger partial charge < -0.3 is 5.32 Å². The number of nitriles is 1. The number of hydrogen-bond acceptors (Lipinski definition) is 4. The predicted molar refractivity (Wildman–Crippen MR) is 104 cm³/mol. The van der Waals surface area contributed by atoms with Crippen molar-refractivity contribution in [1.82, 2.24) is 4.98 Å². The number of unbranched alkanes of at least 4 members (excludes halogenated alkanes) is 2. The molecule has 0 aliphatic rings. The molecule has 5 nitrogen and oxygen atoms in total. The Labute approximate surface area is 168 Å². The van der Waals surface area contributed by atoms with Crippen molar-refractivity contribution in [3.05, 3.63) is 45.4 Å². The van der Waals surface area contributed by atoms with Crippen LogP contribution < -0.4 is 10.2 Å². The van der Waals surface area contributed by atoms with Crippen LogP contribution in [-0.4, -0.2) is 17.4 Å². The van der Waals surface area contributed by atoms with E-state index in [-0.39, 0.29) is 13.0 Å². The summed E-state index contributed by atoms with van der Waals surface area (Å²) in [4.78, 5) is 16.1. The molecule has 1 amide bonds. The Morgan fingerprint density at radius 3 is 2.48 bits per heavy atom. The number of amides is 1. The normalized spacial score (nSPS) is 10.4. The highest BCUT2D eigenvalue weighted by atomic mass is 127. The smallest absolute Gasteiger partial charge is 0.253 e. The average Bonchev–Trinajstić information content (AvgIpc) is 2.63. The van der Waals surface area contributed by atoms with Crippen LogP contribution in [0.4, 0.5) is 30.4 Å². The van der Waals surface area contributed by atoms with Crippen molar-refractivity contribution in [2.75, 3.05) is 16.8 Å². The Morgan fingerprint density at radius 2 is 1.89 bits per heavy atom. The molecular formula is C18H16F3IN4O. The zero-order chi connectivity index (χ0) is 20.0. The van der Waals surface area contributed by atoms with Gasteiger partial charge in [0.15, 0.2) is 11.6 Å². The second-order valence-corrected chi connectivity index (χ2v) is 6.89. The maximum absolute atomic E-state index is 14.9. The molecule has 0 spiro atoms. The molecule has 0 bridgehead atoms. The van der Waals surface area contributed by atoms with E-state index in [4.69, 9.17) is 5.26 Å². The van der Waals surface area contributed by atoms with Crippen molar-refractivity contribution in [3.63, 3.8) is 0 Å². The van der Waals surface area contributed by atoms with Crippen LogP contribution in [-0.2, 0) is 4.79 Å². The van der Waals surface area contributed by atoms with Crippen LogP contribution in [0.1, 0.15) is 26.2 Å². The van der Waals surface area contributed by atoms with E-state index in [9.17, 15) is 18.0 Å². The molecule has 0 fully saturated rings. The van der Waals surface area contributed by atoms with E-state index >= 15 is 0 Å². The van der Waals surface area contributed by atoms with Gasteiger partial charge in [0.2, 0.25) is 11.7 Å². The van der Waals surface area contributed by atoms with Gasteiger partial charge in [0.25, 0.3) is 5.95 Å².